The third-order valence-corrected chi connectivity index (χ3v) is 2.99. The molecule has 0 fully saturated rings. The molecule has 1 rings (SSSR count). The summed E-state index contributed by atoms with van der Waals surface area (Å²) in [4.78, 5) is 3.48. The fourth-order valence-corrected chi connectivity index (χ4v) is 1.57. The smallest absolute Gasteiger partial charge is 0.423 e. The zero-order chi connectivity index (χ0) is 10.8. The molecule has 0 radical (unpaired) electrons. The molecule has 0 aromatic carbocycles. The van der Waals surface area contributed by atoms with Crippen LogP contribution in [0.1, 0.15) is 0 Å². The molecule has 76 valence electrons. The van der Waals surface area contributed by atoms with Crippen molar-refractivity contribution in [3.63, 3.8) is 0 Å². The molecule has 1 aromatic heterocycles. The molecule has 1 heterocycles. The second-order valence-electron chi connectivity index (χ2n) is 2.54. The van der Waals surface area contributed by atoms with Crippen LogP contribution in [0.3, 0.4) is 0 Å². The minimum absolute atomic E-state index is 0.0290. The Morgan fingerprint density at radius 1 is 1.43 bits per heavy atom. The van der Waals surface area contributed by atoms with Crippen LogP contribution < -0.4 is 10.2 Å². The van der Waals surface area contributed by atoms with Gasteiger partial charge in [-0.1, -0.05) is 0 Å². The van der Waals surface area contributed by atoms with E-state index in [0.717, 1.165) is 12.3 Å². The molecule has 0 aliphatic carbocycles. The maximum absolute atomic E-state index is 11.3. The van der Waals surface area contributed by atoms with Gasteiger partial charge >= 0.3 is 7.12 Å². The fraction of sp³-hybridized carbons (Fsp3) is 0.167. The number of nitrogens with one attached hydrogen (secondary N) is 1. The standard InChI is InChI=1S/C6H9BN2O4S/c1-8-14(12,13)6-2-5(7(10)11)3-9-4-6/h2-4,8,10-11H,1H3. The average Bonchev–Trinajstić information content (AvgIpc) is 2.18. The van der Waals surface area contributed by atoms with Crippen molar-refractivity contribution in [3.05, 3.63) is 18.5 Å². The van der Waals surface area contributed by atoms with Gasteiger partial charge in [0.1, 0.15) is 0 Å². The lowest BCUT2D eigenvalue weighted by atomic mass is 9.82. The molecule has 0 saturated heterocycles. The Morgan fingerprint density at radius 2 is 2.07 bits per heavy atom. The van der Waals surface area contributed by atoms with Crippen LogP contribution in [0.2, 0.25) is 0 Å². The maximum atomic E-state index is 11.3. The fourth-order valence-electron chi connectivity index (χ4n) is 0.842. The Labute approximate surface area is 81.8 Å². The number of sulfonamides is 1. The highest BCUT2D eigenvalue weighted by molar-refractivity contribution is 7.89. The number of rotatable bonds is 3. The Hall–Kier alpha value is -0.955. The van der Waals surface area contributed by atoms with E-state index >= 15 is 0 Å². The zero-order valence-electron chi connectivity index (χ0n) is 7.38. The van der Waals surface area contributed by atoms with Crippen molar-refractivity contribution >= 4 is 22.6 Å². The van der Waals surface area contributed by atoms with Crippen molar-refractivity contribution in [1.82, 2.24) is 9.71 Å². The van der Waals surface area contributed by atoms with Crippen LogP contribution in [0, 0.1) is 0 Å². The van der Waals surface area contributed by atoms with Crippen LogP contribution in [0.25, 0.3) is 0 Å². The van der Waals surface area contributed by atoms with Gasteiger partial charge in [0.2, 0.25) is 10.0 Å². The summed E-state index contributed by atoms with van der Waals surface area (Å²) in [7, 11) is -4.05. The third kappa shape index (κ3) is 2.29. The number of hydrogen-bond acceptors (Lipinski definition) is 5. The van der Waals surface area contributed by atoms with Crippen molar-refractivity contribution in [2.24, 2.45) is 0 Å². The summed E-state index contributed by atoms with van der Waals surface area (Å²) in [6.45, 7) is 0. The summed E-state index contributed by atoms with van der Waals surface area (Å²) in [6.07, 6.45) is 2.30. The molecule has 6 nitrogen and oxygen atoms in total. The zero-order valence-corrected chi connectivity index (χ0v) is 8.19. The van der Waals surface area contributed by atoms with Crippen molar-refractivity contribution in [3.8, 4) is 0 Å². The molecule has 0 aliphatic rings. The van der Waals surface area contributed by atoms with Crippen LogP contribution in [0.4, 0.5) is 0 Å². The van der Waals surface area contributed by atoms with Crippen LogP contribution >= 0.6 is 0 Å². The van der Waals surface area contributed by atoms with Gasteiger partial charge in [-0.25, -0.2) is 13.1 Å². The molecular formula is C6H9BN2O4S. The molecule has 0 amide bonds. The number of pyridine rings is 1. The summed E-state index contributed by atoms with van der Waals surface area (Å²) in [5.74, 6) is 0. The molecule has 0 saturated carbocycles. The SMILES string of the molecule is CNS(=O)(=O)c1cncc(B(O)O)c1. The average molecular weight is 216 g/mol. The summed E-state index contributed by atoms with van der Waals surface area (Å²) >= 11 is 0. The molecule has 0 bridgehead atoms. The Morgan fingerprint density at radius 3 is 2.57 bits per heavy atom. The Bertz CT molecular complexity index is 420. The maximum Gasteiger partial charge on any atom is 0.490 e. The first-order chi connectivity index (χ1) is 6.47. The summed E-state index contributed by atoms with van der Waals surface area (Å²) in [5.41, 5.74) is 0.0290. The van der Waals surface area contributed by atoms with Crippen molar-refractivity contribution < 1.29 is 18.5 Å². The number of hydrogen-bond donors (Lipinski definition) is 3. The molecule has 8 heteroatoms. The Balaban J connectivity index is 3.19. The molecule has 3 N–H and O–H groups in total. The monoisotopic (exact) mass is 216 g/mol. The van der Waals surface area contributed by atoms with Crippen LogP contribution in [0.5, 0.6) is 0 Å². The van der Waals surface area contributed by atoms with E-state index in [9.17, 15) is 8.42 Å². The highest BCUT2D eigenvalue weighted by Gasteiger charge is 2.17. The van der Waals surface area contributed by atoms with E-state index in [4.69, 9.17) is 10.0 Å². The predicted octanol–water partition coefficient (Wildman–Crippen LogP) is -2.33. The van der Waals surface area contributed by atoms with Gasteiger partial charge in [0, 0.05) is 17.9 Å². The van der Waals surface area contributed by atoms with E-state index in [1.54, 1.807) is 0 Å². The first-order valence-electron chi connectivity index (χ1n) is 3.72. The highest BCUT2D eigenvalue weighted by atomic mass is 32.2. The first-order valence-corrected chi connectivity index (χ1v) is 5.20. The van der Waals surface area contributed by atoms with Crippen molar-refractivity contribution in [2.75, 3.05) is 7.05 Å². The van der Waals surface area contributed by atoms with Crippen LogP contribution in [-0.4, -0.2) is 37.6 Å². The second kappa shape index (κ2) is 4.05. The minimum Gasteiger partial charge on any atom is -0.423 e. The molecular weight excluding hydrogens is 207 g/mol. The summed E-state index contributed by atoms with van der Waals surface area (Å²) in [5, 5.41) is 17.6. The number of aromatic nitrogens is 1. The lowest BCUT2D eigenvalue weighted by Gasteiger charge is -2.03. The quantitative estimate of drug-likeness (QED) is 0.492. The van der Waals surface area contributed by atoms with E-state index in [0.29, 0.717) is 0 Å². The van der Waals surface area contributed by atoms with Gasteiger partial charge in [-0.05, 0) is 13.1 Å². The summed E-state index contributed by atoms with van der Waals surface area (Å²) < 4.78 is 24.6. The summed E-state index contributed by atoms with van der Waals surface area (Å²) in [6, 6.07) is 1.14. The van der Waals surface area contributed by atoms with Crippen molar-refractivity contribution in [1.29, 1.82) is 0 Å². The van der Waals surface area contributed by atoms with Crippen molar-refractivity contribution in [2.45, 2.75) is 4.90 Å². The van der Waals surface area contributed by atoms with Gasteiger partial charge < -0.3 is 10.0 Å². The van der Waals surface area contributed by atoms with E-state index < -0.39 is 17.1 Å². The number of nitrogens with zero attached hydrogens (tertiary/aromatic N) is 1. The van der Waals surface area contributed by atoms with Crippen LogP contribution in [0.15, 0.2) is 23.4 Å². The molecule has 0 aliphatic heterocycles. The molecule has 14 heavy (non-hydrogen) atoms. The van der Waals surface area contributed by atoms with E-state index in [-0.39, 0.29) is 10.4 Å². The van der Waals surface area contributed by atoms with E-state index in [2.05, 4.69) is 9.71 Å². The Kier molecular flexibility index (Phi) is 3.22. The van der Waals surface area contributed by atoms with E-state index in [1.165, 1.54) is 13.2 Å². The van der Waals surface area contributed by atoms with Gasteiger partial charge in [-0.3, -0.25) is 4.98 Å². The normalized spacial score (nSPS) is 11.4. The minimum atomic E-state index is -3.59. The molecule has 1 aromatic rings. The lowest BCUT2D eigenvalue weighted by molar-refractivity contribution is 0.425. The second-order valence-corrected chi connectivity index (χ2v) is 4.42. The first kappa shape index (κ1) is 11.1. The van der Waals surface area contributed by atoms with Gasteiger partial charge in [-0.15, -0.1) is 0 Å². The van der Waals surface area contributed by atoms with Gasteiger partial charge in [0.15, 0.2) is 0 Å². The molecule has 0 spiro atoms. The van der Waals surface area contributed by atoms with Gasteiger partial charge in [0.05, 0.1) is 4.90 Å². The largest absolute Gasteiger partial charge is 0.490 e. The van der Waals surface area contributed by atoms with E-state index in [1.807, 2.05) is 0 Å². The molecule has 0 unspecified atom stereocenters. The predicted molar refractivity (Wildman–Crippen MR) is 50.3 cm³/mol. The lowest BCUT2D eigenvalue weighted by Crippen LogP contribution is -2.31. The van der Waals surface area contributed by atoms with Gasteiger partial charge in [-0.2, -0.15) is 0 Å². The molecule has 0 atom stereocenters. The van der Waals surface area contributed by atoms with Gasteiger partial charge in [0.25, 0.3) is 0 Å². The third-order valence-electron chi connectivity index (χ3n) is 1.61. The topological polar surface area (TPSA) is 99.5 Å². The highest BCUT2D eigenvalue weighted by Crippen LogP contribution is 2.03. The van der Waals surface area contributed by atoms with Crippen LogP contribution in [-0.2, 0) is 10.0 Å².